The van der Waals surface area contributed by atoms with E-state index in [1.807, 2.05) is 0 Å². The third-order valence-electron chi connectivity index (χ3n) is 3.12. The van der Waals surface area contributed by atoms with Crippen molar-refractivity contribution in [1.82, 2.24) is 9.55 Å². The van der Waals surface area contributed by atoms with E-state index in [0.717, 1.165) is 24.2 Å². The molecule has 0 atom stereocenters. The van der Waals surface area contributed by atoms with Crippen LogP contribution in [0.1, 0.15) is 37.6 Å². The first-order valence-corrected chi connectivity index (χ1v) is 6.19. The molecule has 1 N–H and O–H groups in total. The minimum atomic E-state index is 0.251. The number of imidazole rings is 1. The number of benzene rings is 1. The number of aliphatic hydroxyl groups excluding tert-OH is 1. The summed E-state index contributed by atoms with van der Waals surface area (Å²) in [5.41, 5.74) is 3.51. The summed E-state index contributed by atoms with van der Waals surface area (Å²) < 4.78 is 2.17. The number of aryl methyl sites for hydroxylation is 2. The molecule has 0 radical (unpaired) electrons. The highest BCUT2D eigenvalue weighted by Crippen LogP contribution is 2.21. The molecule has 0 unspecified atom stereocenters. The van der Waals surface area contributed by atoms with Gasteiger partial charge in [-0.25, -0.2) is 4.98 Å². The van der Waals surface area contributed by atoms with Gasteiger partial charge in [0.25, 0.3) is 0 Å². The molecule has 2 aromatic rings. The molecule has 0 fully saturated rings. The normalized spacial score (nSPS) is 11.6. The molecule has 1 heterocycles. The van der Waals surface area contributed by atoms with E-state index in [0.29, 0.717) is 5.92 Å². The zero-order valence-electron chi connectivity index (χ0n) is 10.8. The topological polar surface area (TPSA) is 38.1 Å². The fraction of sp³-hybridized carbons (Fsp3) is 0.500. The van der Waals surface area contributed by atoms with Crippen molar-refractivity contribution in [3.8, 4) is 0 Å². The summed E-state index contributed by atoms with van der Waals surface area (Å²) in [5.74, 6) is 1.56. The van der Waals surface area contributed by atoms with Crippen molar-refractivity contribution in [3.05, 3.63) is 29.6 Å². The predicted octanol–water partition coefficient (Wildman–Crippen LogP) is 2.62. The van der Waals surface area contributed by atoms with Crippen LogP contribution < -0.4 is 0 Å². The number of hydrogen-bond acceptors (Lipinski definition) is 2. The number of hydrogen-bond donors (Lipinski definition) is 1. The Balaban J connectivity index is 2.42. The van der Waals surface area contributed by atoms with Crippen LogP contribution in [0.5, 0.6) is 0 Å². The van der Waals surface area contributed by atoms with E-state index in [4.69, 9.17) is 5.11 Å². The van der Waals surface area contributed by atoms with Crippen LogP contribution in [0.15, 0.2) is 18.2 Å². The number of fused-ring (bicyclic) bond motifs is 1. The zero-order chi connectivity index (χ0) is 12.4. The summed E-state index contributed by atoms with van der Waals surface area (Å²) in [7, 11) is 2.07. The standard InChI is InChI=1S/C14H20N2O/c1-10(2)14-15-12-7-6-11(5-4-8-17)9-13(12)16(14)3/h6-7,9-10,17H,4-5,8H2,1-3H3. The molecule has 0 aliphatic rings. The molecule has 1 aromatic carbocycles. The number of aliphatic hydroxyl groups is 1. The minimum absolute atomic E-state index is 0.251. The first-order chi connectivity index (χ1) is 8.13. The Bertz CT molecular complexity index is 514. The summed E-state index contributed by atoms with van der Waals surface area (Å²) >= 11 is 0. The van der Waals surface area contributed by atoms with Gasteiger partial charge in [-0.1, -0.05) is 19.9 Å². The Labute approximate surface area is 102 Å². The predicted molar refractivity (Wildman–Crippen MR) is 70.2 cm³/mol. The average Bonchev–Trinajstić information content (AvgIpc) is 2.64. The van der Waals surface area contributed by atoms with Crippen LogP contribution in [0.4, 0.5) is 0 Å². The first-order valence-electron chi connectivity index (χ1n) is 6.19. The van der Waals surface area contributed by atoms with E-state index in [2.05, 4.69) is 48.6 Å². The largest absolute Gasteiger partial charge is 0.396 e. The number of nitrogens with zero attached hydrogens (tertiary/aromatic N) is 2. The van der Waals surface area contributed by atoms with Gasteiger partial charge in [0.15, 0.2) is 0 Å². The van der Waals surface area contributed by atoms with Gasteiger partial charge >= 0.3 is 0 Å². The van der Waals surface area contributed by atoms with Gasteiger partial charge < -0.3 is 9.67 Å². The average molecular weight is 232 g/mol. The fourth-order valence-electron chi connectivity index (χ4n) is 2.21. The fourth-order valence-corrected chi connectivity index (χ4v) is 2.21. The van der Waals surface area contributed by atoms with Crippen molar-refractivity contribution in [1.29, 1.82) is 0 Å². The van der Waals surface area contributed by atoms with Gasteiger partial charge in [0.2, 0.25) is 0 Å². The molecular weight excluding hydrogens is 212 g/mol. The van der Waals surface area contributed by atoms with Crippen molar-refractivity contribution in [2.75, 3.05) is 6.61 Å². The quantitative estimate of drug-likeness (QED) is 0.880. The molecule has 0 spiro atoms. The Morgan fingerprint density at radius 3 is 2.76 bits per heavy atom. The van der Waals surface area contributed by atoms with Crippen LogP contribution in [0.3, 0.4) is 0 Å². The third-order valence-corrected chi connectivity index (χ3v) is 3.12. The molecule has 2 rings (SSSR count). The van der Waals surface area contributed by atoms with Gasteiger partial charge in [0.1, 0.15) is 5.82 Å². The van der Waals surface area contributed by atoms with Crippen LogP contribution in [0.2, 0.25) is 0 Å². The molecule has 0 aliphatic carbocycles. The molecule has 0 bridgehead atoms. The summed E-state index contributed by atoms with van der Waals surface area (Å²) in [6.45, 7) is 4.57. The lowest BCUT2D eigenvalue weighted by Gasteiger charge is -2.05. The van der Waals surface area contributed by atoms with Crippen LogP contribution in [-0.2, 0) is 13.5 Å². The summed E-state index contributed by atoms with van der Waals surface area (Å²) in [6, 6.07) is 6.37. The molecule has 92 valence electrons. The van der Waals surface area contributed by atoms with Crippen molar-refractivity contribution in [2.45, 2.75) is 32.6 Å². The lowest BCUT2D eigenvalue weighted by Crippen LogP contribution is -1.99. The Kier molecular flexibility index (Phi) is 3.48. The molecule has 17 heavy (non-hydrogen) atoms. The van der Waals surface area contributed by atoms with Crippen LogP contribution in [-0.4, -0.2) is 21.3 Å². The van der Waals surface area contributed by atoms with Gasteiger partial charge in [0, 0.05) is 19.6 Å². The smallest absolute Gasteiger partial charge is 0.112 e. The molecular formula is C14H20N2O. The zero-order valence-corrected chi connectivity index (χ0v) is 10.8. The van der Waals surface area contributed by atoms with Gasteiger partial charge in [0.05, 0.1) is 11.0 Å². The van der Waals surface area contributed by atoms with Crippen molar-refractivity contribution < 1.29 is 5.11 Å². The highest BCUT2D eigenvalue weighted by molar-refractivity contribution is 5.77. The molecule has 3 nitrogen and oxygen atoms in total. The van der Waals surface area contributed by atoms with Crippen molar-refractivity contribution in [3.63, 3.8) is 0 Å². The van der Waals surface area contributed by atoms with Crippen LogP contribution >= 0.6 is 0 Å². The molecule has 3 heteroatoms. The second-order valence-corrected chi connectivity index (χ2v) is 4.83. The molecule has 0 amide bonds. The van der Waals surface area contributed by atoms with E-state index < -0.39 is 0 Å². The second-order valence-electron chi connectivity index (χ2n) is 4.83. The van der Waals surface area contributed by atoms with Gasteiger partial charge in [-0.15, -0.1) is 0 Å². The lowest BCUT2D eigenvalue weighted by atomic mass is 10.1. The maximum atomic E-state index is 8.85. The lowest BCUT2D eigenvalue weighted by molar-refractivity contribution is 0.288. The monoisotopic (exact) mass is 232 g/mol. The maximum Gasteiger partial charge on any atom is 0.112 e. The van der Waals surface area contributed by atoms with Crippen LogP contribution in [0.25, 0.3) is 11.0 Å². The highest BCUT2D eigenvalue weighted by Gasteiger charge is 2.10. The van der Waals surface area contributed by atoms with E-state index in [9.17, 15) is 0 Å². The van der Waals surface area contributed by atoms with Crippen molar-refractivity contribution >= 4 is 11.0 Å². The number of rotatable bonds is 4. The second kappa shape index (κ2) is 4.88. The van der Waals surface area contributed by atoms with Gasteiger partial charge in [-0.05, 0) is 30.5 Å². The third kappa shape index (κ3) is 2.34. The summed E-state index contributed by atoms with van der Waals surface area (Å²) in [6.07, 6.45) is 1.75. The summed E-state index contributed by atoms with van der Waals surface area (Å²) in [5, 5.41) is 8.85. The molecule has 0 aliphatic heterocycles. The Morgan fingerprint density at radius 2 is 2.12 bits per heavy atom. The number of aromatic nitrogens is 2. The molecule has 1 aromatic heterocycles. The van der Waals surface area contributed by atoms with E-state index in [-0.39, 0.29) is 6.61 Å². The molecule has 0 saturated carbocycles. The van der Waals surface area contributed by atoms with E-state index >= 15 is 0 Å². The summed E-state index contributed by atoms with van der Waals surface area (Å²) in [4.78, 5) is 4.65. The van der Waals surface area contributed by atoms with Crippen LogP contribution in [0, 0.1) is 0 Å². The maximum absolute atomic E-state index is 8.85. The highest BCUT2D eigenvalue weighted by atomic mass is 16.2. The minimum Gasteiger partial charge on any atom is -0.396 e. The van der Waals surface area contributed by atoms with Gasteiger partial charge in [-0.2, -0.15) is 0 Å². The van der Waals surface area contributed by atoms with E-state index in [1.54, 1.807) is 0 Å². The van der Waals surface area contributed by atoms with Crippen molar-refractivity contribution in [2.24, 2.45) is 7.05 Å². The SMILES string of the molecule is CC(C)c1nc2ccc(CCCO)cc2n1C. The van der Waals surface area contributed by atoms with Gasteiger partial charge in [-0.3, -0.25) is 0 Å². The van der Waals surface area contributed by atoms with E-state index in [1.165, 1.54) is 11.1 Å². The Morgan fingerprint density at radius 1 is 1.35 bits per heavy atom. The molecule has 0 saturated heterocycles. The first kappa shape index (κ1) is 12.1. The Hall–Kier alpha value is -1.35.